The Morgan fingerprint density at radius 1 is 1.67 bits per heavy atom. The predicted octanol–water partition coefficient (Wildman–Crippen LogP) is 1.22. The lowest BCUT2D eigenvalue weighted by Gasteiger charge is -2.17. The first-order valence-electron chi connectivity index (χ1n) is 4.76. The molecule has 1 aromatic rings. The Hall–Kier alpha value is -1.36. The molecule has 0 radical (unpaired) electrons. The number of thiophene rings is 1. The summed E-state index contributed by atoms with van der Waals surface area (Å²) in [4.78, 5) is 12.7. The number of carboxylic acid groups (broad SMARTS) is 1. The number of nitrogens with two attached hydrogens (primary N) is 1. The highest BCUT2D eigenvalue weighted by Crippen LogP contribution is 2.32. The highest BCUT2D eigenvalue weighted by atomic mass is 32.1. The Morgan fingerprint density at radius 2 is 2.40 bits per heavy atom. The smallest absolute Gasteiger partial charge is 0.306 e. The van der Waals surface area contributed by atoms with Crippen molar-refractivity contribution >= 4 is 23.1 Å². The molecule has 4 N–H and O–H groups in total. The summed E-state index contributed by atoms with van der Waals surface area (Å²) in [7, 11) is 0. The van der Waals surface area contributed by atoms with Gasteiger partial charge < -0.3 is 10.8 Å². The molecular weight excluding hydrogens is 212 g/mol. The predicted molar refractivity (Wildman–Crippen MR) is 58.5 cm³/mol. The van der Waals surface area contributed by atoms with Crippen LogP contribution in [0.1, 0.15) is 21.7 Å². The van der Waals surface area contributed by atoms with E-state index in [9.17, 15) is 4.79 Å². The van der Waals surface area contributed by atoms with Crippen LogP contribution in [-0.4, -0.2) is 16.9 Å². The minimum atomic E-state index is -0.724. The summed E-state index contributed by atoms with van der Waals surface area (Å²) in [5, 5.41) is 16.2. The van der Waals surface area contributed by atoms with Gasteiger partial charge in [0, 0.05) is 4.88 Å². The number of aryl methyl sites for hydroxylation is 1. The van der Waals surface area contributed by atoms with Crippen LogP contribution in [-0.2, 0) is 17.6 Å². The number of nitrogen functional groups attached to an aromatic ring is 1. The number of aliphatic carboxylic acids is 1. The molecule has 1 heterocycles. The number of hydrogen-bond acceptors (Lipinski definition) is 3. The lowest BCUT2D eigenvalue weighted by atomic mass is 9.89. The normalized spacial score (nSPS) is 19.6. The van der Waals surface area contributed by atoms with Gasteiger partial charge in [0.05, 0.1) is 10.8 Å². The van der Waals surface area contributed by atoms with Gasteiger partial charge in [-0.15, -0.1) is 11.3 Å². The zero-order chi connectivity index (χ0) is 11.0. The van der Waals surface area contributed by atoms with Gasteiger partial charge in [0.1, 0.15) is 5.84 Å². The number of nitrogens with one attached hydrogen (secondary N) is 1. The van der Waals surface area contributed by atoms with Crippen LogP contribution >= 0.6 is 11.3 Å². The first kappa shape index (κ1) is 10.2. The molecule has 2 rings (SSSR count). The highest BCUT2D eigenvalue weighted by Gasteiger charge is 2.26. The van der Waals surface area contributed by atoms with E-state index in [1.807, 2.05) is 6.07 Å². The molecule has 0 bridgehead atoms. The molecule has 4 nitrogen and oxygen atoms in total. The Morgan fingerprint density at radius 3 is 3.00 bits per heavy atom. The number of hydrogen-bond donors (Lipinski definition) is 3. The van der Waals surface area contributed by atoms with Crippen molar-refractivity contribution in [2.45, 2.75) is 19.3 Å². The summed E-state index contributed by atoms with van der Waals surface area (Å²) >= 11 is 1.45. The minimum Gasteiger partial charge on any atom is -0.481 e. The fourth-order valence-corrected chi connectivity index (χ4v) is 3.00. The zero-order valence-electron chi connectivity index (χ0n) is 8.12. The molecule has 0 aromatic carbocycles. The van der Waals surface area contributed by atoms with E-state index in [0.29, 0.717) is 12.8 Å². The summed E-state index contributed by atoms with van der Waals surface area (Å²) in [6.45, 7) is 0. The Bertz CT molecular complexity index is 425. The molecule has 80 valence electrons. The summed E-state index contributed by atoms with van der Waals surface area (Å²) in [5.74, 6) is -0.921. The van der Waals surface area contributed by atoms with Crippen LogP contribution in [0.3, 0.4) is 0 Å². The summed E-state index contributed by atoms with van der Waals surface area (Å²) < 4.78 is 0. The van der Waals surface area contributed by atoms with Crippen LogP contribution in [0.15, 0.2) is 6.07 Å². The first-order chi connectivity index (χ1) is 7.08. The molecule has 1 aliphatic rings. The second-order valence-corrected chi connectivity index (χ2v) is 4.89. The van der Waals surface area contributed by atoms with Crippen LogP contribution in [0.2, 0.25) is 0 Å². The summed E-state index contributed by atoms with van der Waals surface area (Å²) in [6.07, 6.45) is 2.06. The van der Waals surface area contributed by atoms with Gasteiger partial charge in [0.15, 0.2) is 0 Å². The second-order valence-electron chi connectivity index (χ2n) is 3.75. The number of carbonyl (C=O) groups is 1. The van der Waals surface area contributed by atoms with Crippen molar-refractivity contribution in [2.24, 2.45) is 11.7 Å². The lowest BCUT2D eigenvalue weighted by molar-refractivity contribution is -0.142. The molecule has 0 saturated carbocycles. The molecular formula is C10H12N2O2S. The van der Waals surface area contributed by atoms with E-state index in [1.165, 1.54) is 16.9 Å². The van der Waals surface area contributed by atoms with Gasteiger partial charge in [-0.3, -0.25) is 10.2 Å². The molecule has 1 unspecified atom stereocenters. The third-order valence-corrected chi connectivity index (χ3v) is 3.94. The summed E-state index contributed by atoms with van der Waals surface area (Å²) in [5.41, 5.74) is 6.57. The topological polar surface area (TPSA) is 87.2 Å². The van der Waals surface area contributed by atoms with Gasteiger partial charge in [-0.05, 0) is 30.9 Å². The number of carboxylic acids is 1. The molecule has 0 spiro atoms. The van der Waals surface area contributed by atoms with Gasteiger partial charge in [-0.2, -0.15) is 0 Å². The van der Waals surface area contributed by atoms with Crippen LogP contribution in [0, 0.1) is 11.3 Å². The van der Waals surface area contributed by atoms with E-state index >= 15 is 0 Å². The standard InChI is InChI=1S/C10H12N2O2S/c11-9(12)8-3-5-1-2-6(10(13)14)4-7(5)15-8/h3,6H,1-2,4H2,(H3,11,12)(H,13,14). The van der Waals surface area contributed by atoms with Gasteiger partial charge in [0.2, 0.25) is 0 Å². The van der Waals surface area contributed by atoms with E-state index in [2.05, 4.69) is 0 Å². The molecule has 0 amide bonds. The first-order valence-corrected chi connectivity index (χ1v) is 5.58. The van der Waals surface area contributed by atoms with E-state index in [1.54, 1.807) is 0 Å². The number of fused-ring (bicyclic) bond motifs is 1. The highest BCUT2D eigenvalue weighted by molar-refractivity contribution is 7.14. The van der Waals surface area contributed by atoms with E-state index < -0.39 is 5.97 Å². The lowest BCUT2D eigenvalue weighted by Crippen LogP contribution is -2.20. The van der Waals surface area contributed by atoms with E-state index in [0.717, 1.165) is 16.2 Å². The van der Waals surface area contributed by atoms with Crippen LogP contribution in [0.25, 0.3) is 0 Å². The number of rotatable bonds is 2. The second kappa shape index (κ2) is 3.66. The van der Waals surface area contributed by atoms with Crippen molar-refractivity contribution in [3.8, 4) is 0 Å². The third kappa shape index (κ3) is 1.87. The maximum Gasteiger partial charge on any atom is 0.306 e. The molecule has 15 heavy (non-hydrogen) atoms. The Balaban J connectivity index is 2.26. The molecule has 0 aliphatic heterocycles. The van der Waals surface area contributed by atoms with Crippen LogP contribution in [0.4, 0.5) is 0 Å². The quantitative estimate of drug-likeness (QED) is 0.521. The van der Waals surface area contributed by atoms with Crippen LogP contribution in [0.5, 0.6) is 0 Å². The average Bonchev–Trinajstić information content (AvgIpc) is 2.59. The van der Waals surface area contributed by atoms with Gasteiger partial charge in [-0.1, -0.05) is 0 Å². The monoisotopic (exact) mass is 224 g/mol. The zero-order valence-corrected chi connectivity index (χ0v) is 8.93. The van der Waals surface area contributed by atoms with Crippen molar-refractivity contribution in [3.05, 3.63) is 21.4 Å². The van der Waals surface area contributed by atoms with E-state index in [-0.39, 0.29) is 11.8 Å². The molecule has 1 aromatic heterocycles. The van der Waals surface area contributed by atoms with Gasteiger partial charge >= 0.3 is 5.97 Å². The van der Waals surface area contributed by atoms with E-state index in [4.69, 9.17) is 16.2 Å². The summed E-state index contributed by atoms with van der Waals surface area (Å²) in [6, 6.07) is 1.92. The largest absolute Gasteiger partial charge is 0.481 e. The van der Waals surface area contributed by atoms with Crippen molar-refractivity contribution in [1.82, 2.24) is 0 Å². The molecule has 1 aliphatic carbocycles. The molecule has 5 heteroatoms. The maximum absolute atomic E-state index is 10.8. The maximum atomic E-state index is 10.8. The fraction of sp³-hybridized carbons (Fsp3) is 0.400. The van der Waals surface area contributed by atoms with Gasteiger partial charge in [0.25, 0.3) is 0 Å². The van der Waals surface area contributed by atoms with Crippen LogP contribution < -0.4 is 5.73 Å². The minimum absolute atomic E-state index is 0.0706. The number of amidine groups is 1. The van der Waals surface area contributed by atoms with Crippen molar-refractivity contribution in [2.75, 3.05) is 0 Å². The fourth-order valence-electron chi connectivity index (χ4n) is 1.85. The van der Waals surface area contributed by atoms with Crippen molar-refractivity contribution in [1.29, 1.82) is 5.41 Å². The SMILES string of the molecule is N=C(N)c1cc2c(s1)CC(C(=O)O)CC2. The Kier molecular flexibility index (Phi) is 2.48. The molecule has 1 atom stereocenters. The Labute approximate surface area is 91.2 Å². The molecule has 0 fully saturated rings. The third-order valence-electron chi connectivity index (χ3n) is 2.71. The van der Waals surface area contributed by atoms with Gasteiger partial charge in [-0.25, -0.2) is 0 Å². The molecule has 0 saturated heterocycles. The average molecular weight is 224 g/mol. The van der Waals surface area contributed by atoms with Crippen molar-refractivity contribution in [3.63, 3.8) is 0 Å². The van der Waals surface area contributed by atoms with Crippen molar-refractivity contribution < 1.29 is 9.90 Å².